The first-order valence-electron chi connectivity index (χ1n) is 8.38. The lowest BCUT2D eigenvalue weighted by Gasteiger charge is -2.15. The lowest BCUT2D eigenvalue weighted by atomic mass is 10.1. The molecule has 28 heavy (non-hydrogen) atoms. The van der Waals surface area contributed by atoms with Gasteiger partial charge in [-0.2, -0.15) is 5.10 Å². The van der Waals surface area contributed by atoms with Gasteiger partial charge < -0.3 is 5.32 Å². The zero-order valence-corrected chi connectivity index (χ0v) is 16.1. The van der Waals surface area contributed by atoms with Crippen molar-refractivity contribution in [2.24, 2.45) is 0 Å². The predicted octanol–water partition coefficient (Wildman–Crippen LogP) is 2.40. The van der Waals surface area contributed by atoms with Crippen molar-refractivity contribution in [2.45, 2.75) is 11.4 Å². The van der Waals surface area contributed by atoms with E-state index in [1.807, 2.05) is 0 Å². The van der Waals surface area contributed by atoms with E-state index in [1.54, 1.807) is 30.3 Å². The van der Waals surface area contributed by atoms with Crippen molar-refractivity contribution < 1.29 is 17.6 Å². The van der Waals surface area contributed by atoms with Crippen molar-refractivity contribution in [2.75, 3.05) is 14.1 Å². The summed E-state index contributed by atoms with van der Waals surface area (Å²) >= 11 is 0. The summed E-state index contributed by atoms with van der Waals surface area (Å²) in [6, 6.07) is 12.1. The van der Waals surface area contributed by atoms with Gasteiger partial charge in [0, 0.05) is 26.2 Å². The highest BCUT2D eigenvalue weighted by Crippen LogP contribution is 2.22. The normalized spacial score (nSPS) is 11.6. The van der Waals surface area contributed by atoms with Crippen molar-refractivity contribution in [3.63, 3.8) is 0 Å². The van der Waals surface area contributed by atoms with E-state index < -0.39 is 15.9 Å². The molecule has 1 heterocycles. The Kier molecular flexibility index (Phi) is 5.57. The van der Waals surface area contributed by atoms with Crippen LogP contribution >= 0.6 is 0 Å². The van der Waals surface area contributed by atoms with Gasteiger partial charge in [-0.25, -0.2) is 17.1 Å². The third kappa shape index (κ3) is 3.95. The van der Waals surface area contributed by atoms with Gasteiger partial charge in [-0.1, -0.05) is 18.2 Å². The lowest BCUT2D eigenvalue weighted by Crippen LogP contribution is -2.27. The van der Waals surface area contributed by atoms with Crippen molar-refractivity contribution in [1.82, 2.24) is 19.8 Å². The Labute approximate surface area is 162 Å². The maximum absolute atomic E-state index is 13.1. The molecule has 0 aliphatic rings. The summed E-state index contributed by atoms with van der Waals surface area (Å²) in [5.74, 6) is -0.807. The number of carbonyl (C=O) groups excluding carboxylic acids is 1. The van der Waals surface area contributed by atoms with Crippen molar-refractivity contribution in [1.29, 1.82) is 0 Å². The molecule has 146 valence electrons. The molecule has 2 N–H and O–H groups in total. The molecule has 0 unspecified atom stereocenters. The average Bonchev–Trinajstić information content (AvgIpc) is 3.16. The summed E-state index contributed by atoms with van der Waals surface area (Å²) in [5.41, 5.74) is 1.81. The molecule has 3 rings (SSSR count). The minimum atomic E-state index is -3.64. The predicted molar refractivity (Wildman–Crippen MR) is 102 cm³/mol. The molecule has 1 aromatic heterocycles. The van der Waals surface area contributed by atoms with E-state index in [1.165, 1.54) is 38.5 Å². The molecule has 2 aromatic carbocycles. The lowest BCUT2D eigenvalue weighted by molar-refractivity contribution is 0.0951. The third-order valence-electron chi connectivity index (χ3n) is 4.19. The maximum Gasteiger partial charge on any atom is 0.255 e. The Bertz CT molecular complexity index is 1090. The highest BCUT2D eigenvalue weighted by atomic mass is 32.2. The van der Waals surface area contributed by atoms with Gasteiger partial charge in [0.25, 0.3) is 5.91 Å². The first-order valence-corrected chi connectivity index (χ1v) is 9.82. The molecule has 0 atom stereocenters. The number of benzene rings is 2. The van der Waals surface area contributed by atoms with Gasteiger partial charge in [0.05, 0.1) is 22.3 Å². The number of nitrogens with one attached hydrogen (secondary N) is 2. The fraction of sp³-hybridized carbons (Fsp3) is 0.158. The van der Waals surface area contributed by atoms with E-state index in [2.05, 4.69) is 15.5 Å². The Morgan fingerprint density at radius 1 is 1.14 bits per heavy atom. The number of rotatable bonds is 6. The topological polar surface area (TPSA) is 95.2 Å². The Morgan fingerprint density at radius 3 is 2.50 bits per heavy atom. The highest BCUT2D eigenvalue weighted by molar-refractivity contribution is 7.89. The molecule has 0 fully saturated rings. The van der Waals surface area contributed by atoms with Crippen molar-refractivity contribution in [3.05, 3.63) is 71.7 Å². The number of carbonyl (C=O) groups is 1. The van der Waals surface area contributed by atoms with Crippen LogP contribution in [0.25, 0.3) is 11.3 Å². The number of H-pyrrole nitrogens is 1. The van der Waals surface area contributed by atoms with E-state index in [0.717, 1.165) is 4.31 Å². The van der Waals surface area contributed by atoms with Gasteiger partial charge >= 0.3 is 0 Å². The van der Waals surface area contributed by atoms with Crippen LogP contribution in [-0.4, -0.2) is 42.9 Å². The van der Waals surface area contributed by atoms with Gasteiger partial charge in [0.15, 0.2) is 0 Å². The Morgan fingerprint density at radius 2 is 1.82 bits per heavy atom. The van der Waals surface area contributed by atoms with Crippen molar-refractivity contribution in [3.8, 4) is 11.3 Å². The molecule has 0 spiro atoms. The Hall–Kier alpha value is -3.04. The van der Waals surface area contributed by atoms with Gasteiger partial charge in [0.1, 0.15) is 5.82 Å². The number of hydrogen-bond acceptors (Lipinski definition) is 4. The maximum atomic E-state index is 13.1. The molecule has 1 amide bonds. The van der Waals surface area contributed by atoms with Crippen LogP contribution in [0, 0.1) is 5.82 Å². The molecular weight excluding hydrogens is 383 g/mol. The highest BCUT2D eigenvalue weighted by Gasteiger charge is 2.21. The molecule has 9 heteroatoms. The van der Waals surface area contributed by atoms with Crippen LogP contribution in [0.5, 0.6) is 0 Å². The summed E-state index contributed by atoms with van der Waals surface area (Å²) in [5, 5.41) is 9.35. The number of nitrogens with zero attached hydrogens (tertiary/aromatic N) is 2. The number of halogens is 1. The van der Waals surface area contributed by atoms with Gasteiger partial charge in [-0.15, -0.1) is 0 Å². The fourth-order valence-electron chi connectivity index (χ4n) is 2.66. The van der Waals surface area contributed by atoms with Crippen LogP contribution in [0.3, 0.4) is 0 Å². The van der Waals surface area contributed by atoms with Gasteiger partial charge in [-0.05, 0) is 35.9 Å². The van der Waals surface area contributed by atoms with Crippen molar-refractivity contribution >= 4 is 15.9 Å². The minimum Gasteiger partial charge on any atom is -0.348 e. The third-order valence-corrected chi connectivity index (χ3v) is 6.10. The summed E-state index contributed by atoms with van der Waals surface area (Å²) in [6.07, 6.45) is 1.37. The zero-order chi connectivity index (χ0) is 20.3. The van der Waals surface area contributed by atoms with E-state index in [4.69, 9.17) is 0 Å². The van der Waals surface area contributed by atoms with Crippen LogP contribution in [-0.2, 0) is 16.6 Å². The number of hydrogen-bond donors (Lipinski definition) is 2. The standard InChI is InChI=1S/C19H19FN4O3S/c1-24(2)28(26,27)17-6-4-3-5-14(17)11-21-19(25)16-12-22-23-18(16)13-7-9-15(20)10-8-13/h3-10,12H,11H2,1-2H3,(H,21,25)(H,22,23). The molecule has 0 radical (unpaired) electrons. The van der Waals surface area contributed by atoms with Gasteiger partial charge in [0.2, 0.25) is 10.0 Å². The second kappa shape index (κ2) is 7.91. The molecule has 0 aliphatic heterocycles. The van der Waals surface area contributed by atoms with E-state index >= 15 is 0 Å². The van der Waals surface area contributed by atoms with E-state index in [-0.39, 0.29) is 22.8 Å². The summed E-state index contributed by atoms with van der Waals surface area (Å²) in [7, 11) is -0.737. The first-order chi connectivity index (χ1) is 13.3. The molecule has 0 saturated carbocycles. The summed E-state index contributed by atoms with van der Waals surface area (Å²) < 4.78 is 39.2. The quantitative estimate of drug-likeness (QED) is 0.662. The van der Waals surface area contributed by atoms with Crippen LogP contribution in [0.4, 0.5) is 4.39 Å². The average molecular weight is 402 g/mol. The SMILES string of the molecule is CN(C)S(=O)(=O)c1ccccc1CNC(=O)c1cn[nH]c1-c1ccc(F)cc1. The number of aromatic amines is 1. The zero-order valence-electron chi connectivity index (χ0n) is 15.3. The smallest absolute Gasteiger partial charge is 0.255 e. The second-order valence-electron chi connectivity index (χ2n) is 6.24. The molecular formula is C19H19FN4O3S. The van der Waals surface area contributed by atoms with Crippen LogP contribution in [0.15, 0.2) is 59.6 Å². The first kappa shape index (κ1) is 19.7. The molecule has 0 saturated heterocycles. The van der Waals surface area contributed by atoms with E-state index in [0.29, 0.717) is 16.8 Å². The van der Waals surface area contributed by atoms with Crippen LogP contribution in [0.1, 0.15) is 15.9 Å². The minimum absolute atomic E-state index is 0.0239. The fourth-order valence-corrected chi connectivity index (χ4v) is 3.78. The molecule has 3 aromatic rings. The second-order valence-corrected chi connectivity index (χ2v) is 8.36. The monoisotopic (exact) mass is 402 g/mol. The molecule has 7 nitrogen and oxygen atoms in total. The largest absolute Gasteiger partial charge is 0.348 e. The molecule has 0 aliphatic carbocycles. The summed E-state index contributed by atoms with van der Waals surface area (Å²) in [6.45, 7) is 0.0239. The van der Waals surface area contributed by atoms with E-state index in [9.17, 15) is 17.6 Å². The number of sulfonamides is 1. The van der Waals surface area contributed by atoms with Crippen LogP contribution in [0.2, 0.25) is 0 Å². The van der Waals surface area contributed by atoms with Gasteiger partial charge in [-0.3, -0.25) is 9.89 Å². The molecule has 0 bridgehead atoms. The van der Waals surface area contributed by atoms with Crippen LogP contribution < -0.4 is 5.32 Å². The number of amides is 1. The summed E-state index contributed by atoms with van der Waals surface area (Å²) in [4.78, 5) is 12.8. The number of aromatic nitrogens is 2. The Balaban J connectivity index is 1.82.